The van der Waals surface area contributed by atoms with Gasteiger partial charge in [0.05, 0.1) is 5.56 Å². The smallest absolute Gasteiger partial charge is 0.319 e. The molecule has 208 valence electrons. The maximum Gasteiger partial charge on any atom is 0.319 e. The number of nitrogens with zero attached hydrogens (tertiary/aromatic N) is 4. The maximum absolute atomic E-state index is 16.6. The van der Waals surface area contributed by atoms with E-state index in [2.05, 4.69) is 27.1 Å². The minimum atomic E-state index is -0.783. The summed E-state index contributed by atoms with van der Waals surface area (Å²) in [5, 5.41) is 15.8. The van der Waals surface area contributed by atoms with Crippen molar-refractivity contribution in [3.05, 3.63) is 53.6 Å². The van der Waals surface area contributed by atoms with Crippen LogP contribution in [0.2, 0.25) is 0 Å². The average molecular weight is 546 g/mol. The number of aryl methyl sites for hydroxylation is 1. The summed E-state index contributed by atoms with van der Waals surface area (Å²) in [6.07, 6.45) is 4.26. The van der Waals surface area contributed by atoms with Gasteiger partial charge >= 0.3 is 6.01 Å². The van der Waals surface area contributed by atoms with Gasteiger partial charge in [-0.15, -0.1) is 0 Å². The fraction of sp³-hybridized carbons (Fsp3) is 0.419. The molecule has 3 saturated heterocycles. The molecule has 0 aliphatic carbocycles. The van der Waals surface area contributed by atoms with Crippen LogP contribution in [0.25, 0.3) is 32.8 Å². The molecule has 1 aromatic heterocycles. The number of likely N-dealkylation sites (tertiary alicyclic amines) is 1. The van der Waals surface area contributed by atoms with Crippen LogP contribution in [-0.2, 0) is 0 Å². The molecule has 3 aliphatic rings. The molecule has 3 atom stereocenters. The third-order valence-corrected chi connectivity index (χ3v) is 8.87. The van der Waals surface area contributed by atoms with Crippen LogP contribution in [0.1, 0.15) is 31.2 Å². The van der Waals surface area contributed by atoms with E-state index in [0.717, 1.165) is 37.8 Å². The Kier molecular flexibility index (Phi) is 6.24. The van der Waals surface area contributed by atoms with E-state index in [9.17, 15) is 5.11 Å². The van der Waals surface area contributed by atoms with Gasteiger partial charge in [-0.1, -0.05) is 18.2 Å². The average Bonchev–Trinajstić information content (AvgIpc) is 3.50. The number of halogens is 2. The lowest BCUT2D eigenvalue weighted by Gasteiger charge is -2.34. The highest BCUT2D eigenvalue weighted by molar-refractivity contribution is 6.03. The molecule has 0 radical (unpaired) electrons. The Morgan fingerprint density at radius 3 is 2.62 bits per heavy atom. The number of hydrogen-bond donors (Lipinski definition) is 2. The quantitative estimate of drug-likeness (QED) is 0.359. The number of piperazine rings is 1. The summed E-state index contributed by atoms with van der Waals surface area (Å²) in [6, 6.07) is 10.9. The molecule has 4 heterocycles. The third-order valence-electron chi connectivity index (χ3n) is 8.87. The Morgan fingerprint density at radius 2 is 1.88 bits per heavy atom. The number of aromatic hydroxyl groups is 1. The zero-order chi connectivity index (χ0) is 27.5. The number of phenols is 1. The molecule has 0 spiro atoms. The van der Waals surface area contributed by atoms with Crippen molar-refractivity contribution in [3.63, 3.8) is 0 Å². The summed E-state index contributed by atoms with van der Waals surface area (Å²) in [5.41, 5.74) is 0.956. The van der Waals surface area contributed by atoms with Crippen molar-refractivity contribution in [3.8, 4) is 22.9 Å². The number of likely N-dealkylation sites (N-methyl/N-ethyl adjacent to an activating group) is 1. The van der Waals surface area contributed by atoms with Gasteiger partial charge in [0.1, 0.15) is 29.5 Å². The fourth-order valence-electron chi connectivity index (χ4n) is 6.84. The highest BCUT2D eigenvalue weighted by Crippen LogP contribution is 2.41. The highest BCUT2D eigenvalue weighted by Gasteiger charge is 2.34. The molecule has 2 N–H and O–H groups in total. The summed E-state index contributed by atoms with van der Waals surface area (Å²) in [5.74, 6) is -1.06. The molecule has 9 heteroatoms. The SMILES string of the molecule is Cc1cccc2cc(O)cc(-c3c(F)cc4c(N5C[C@H]6CC[C@@H](C5)N6)nc(OC[C@@H]5CCCN5C)nc4c3F)c12. The molecule has 0 saturated carbocycles. The van der Waals surface area contributed by atoms with E-state index in [1.807, 2.05) is 25.1 Å². The largest absolute Gasteiger partial charge is 0.508 e. The molecule has 3 aliphatic heterocycles. The Morgan fingerprint density at radius 1 is 1.07 bits per heavy atom. The Bertz CT molecular complexity index is 1620. The Balaban J connectivity index is 1.40. The van der Waals surface area contributed by atoms with E-state index < -0.39 is 11.6 Å². The molecule has 3 fully saturated rings. The number of aromatic nitrogens is 2. The van der Waals surface area contributed by atoms with Crippen LogP contribution >= 0.6 is 0 Å². The zero-order valence-electron chi connectivity index (χ0n) is 22.8. The van der Waals surface area contributed by atoms with Crippen molar-refractivity contribution in [2.45, 2.75) is 50.7 Å². The first-order valence-electron chi connectivity index (χ1n) is 14.1. The highest BCUT2D eigenvalue weighted by atomic mass is 19.1. The van der Waals surface area contributed by atoms with Gasteiger partial charge in [-0.2, -0.15) is 9.97 Å². The molecule has 7 rings (SSSR count). The van der Waals surface area contributed by atoms with E-state index in [4.69, 9.17) is 9.72 Å². The van der Waals surface area contributed by atoms with Crippen LogP contribution in [0.4, 0.5) is 14.6 Å². The number of benzene rings is 3. The predicted molar refractivity (Wildman–Crippen MR) is 152 cm³/mol. The van der Waals surface area contributed by atoms with Gasteiger partial charge in [0.25, 0.3) is 0 Å². The fourth-order valence-corrected chi connectivity index (χ4v) is 6.84. The summed E-state index contributed by atoms with van der Waals surface area (Å²) < 4.78 is 38.7. The lowest BCUT2D eigenvalue weighted by molar-refractivity contribution is 0.188. The minimum absolute atomic E-state index is 0.0205. The second kappa shape index (κ2) is 9.82. The Hall–Kier alpha value is -3.56. The summed E-state index contributed by atoms with van der Waals surface area (Å²) in [4.78, 5) is 13.6. The van der Waals surface area contributed by atoms with Gasteiger partial charge in [-0.25, -0.2) is 8.78 Å². The number of ether oxygens (including phenoxy) is 1. The van der Waals surface area contributed by atoms with E-state index in [0.29, 0.717) is 59.3 Å². The molecule has 7 nitrogen and oxygen atoms in total. The van der Waals surface area contributed by atoms with Gasteiger partial charge in [0.15, 0.2) is 5.82 Å². The van der Waals surface area contributed by atoms with Gasteiger partial charge in [0, 0.05) is 36.6 Å². The van der Waals surface area contributed by atoms with Crippen molar-refractivity contribution >= 4 is 27.5 Å². The van der Waals surface area contributed by atoms with Crippen molar-refractivity contribution in [2.24, 2.45) is 0 Å². The normalized spacial score (nSPS) is 23.0. The van der Waals surface area contributed by atoms with Crippen molar-refractivity contribution < 1.29 is 18.6 Å². The van der Waals surface area contributed by atoms with Gasteiger partial charge in [0.2, 0.25) is 0 Å². The van der Waals surface area contributed by atoms with E-state index in [1.165, 1.54) is 12.1 Å². The number of rotatable bonds is 5. The monoisotopic (exact) mass is 545 g/mol. The number of phenolic OH excluding ortho intramolecular Hbond substituents is 1. The lowest BCUT2D eigenvalue weighted by atomic mass is 9.93. The number of fused-ring (bicyclic) bond motifs is 4. The maximum atomic E-state index is 16.6. The predicted octanol–water partition coefficient (Wildman–Crippen LogP) is 5.16. The molecular weight excluding hydrogens is 512 g/mol. The van der Waals surface area contributed by atoms with Gasteiger partial charge in [-0.05, 0) is 86.3 Å². The van der Waals surface area contributed by atoms with Gasteiger partial charge in [-0.3, -0.25) is 0 Å². The van der Waals surface area contributed by atoms with Crippen LogP contribution in [0.15, 0.2) is 36.4 Å². The van der Waals surface area contributed by atoms with Crippen LogP contribution < -0.4 is 15.0 Å². The summed E-state index contributed by atoms with van der Waals surface area (Å²) in [7, 11) is 2.07. The first kappa shape index (κ1) is 25.4. The standard InChI is InChI=1S/C31H33F2N5O2/c1-17-5-3-6-18-11-22(39)12-23(26(17)18)27-25(32)13-24-29(28(27)33)35-31(40-16-21-7-4-10-37(21)2)36-30(24)38-14-19-8-9-20(15-38)34-19/h3,5-6,11-13,19-21,34,39H,4,7-10,14-16H2,1-2H3/t19-,20+,21-/m0/s1. The first-order valence-corrected chi connectivity index (χ1v) is 14.1. The van der Waals surface area contributed by atoms with Crippen LogP contribution in [0.5, 0.6) is 11.8 Å². The van der Waals surface area contributed by atoms with E-state index in [-0.39, 0.29) is 28.9 Å². The molecule has 0 amide bonds. The van der Waals surface area contributed by atoms with Crippen LogP contribution in [0, 0.1) is 18.6 Å². The van der Waals surface area contributed by atoms with E-state index in [1.54, 1.807) is 6.07 Å². The van der Waals surface area contributed by atoms with Crippen molar-refractivity contribution in [2.75, 3.05) is 38.2 Å². The lowest BCUT2D eigenvalue weighted by Crippen LogP contribution is -2.51. The van der Waals surface area contributed by atoms with Crippen LogP contribution in [-0.4, -0.2) is 71.4 Å². The minimum Gasteiger partial charge on any atom is -0.508 e. The number of anilines is 1. The number of nitrogens with one attached hydrogen (secondary N) is 1. The Labute approximate surface area is 231 Å². The second-order valence-electron chi connectivity index (χ2n) is 11.6. The van der Waals surface area contributed by atoms with Crippen molar-refractivity contribution in [1.82, 2.24) is 20.2 Å². The molecule has 0 unspecified atom stereocenters. The molecular formula is C31H33F2N5O2. The topological polar surface area (TPSA) is 73.8 Å². The number of hydrogen-bond acceptors (Lipinski definition) is 7. The molecule has 40 heavy (non-hydrogen) atoms. The third kappa shape index (κ3) is 4.32. The molecule has 4 aromatic rings. The molecule has 3 aromatic carbocycles. The van der Waals surface area contributed by atoms with E-state index >= 15 is 8.78 Å². The first-order chi connectivity index (χ1) is 19.4. The molecule has 2 bridgehead atoms. The van der Waals surface area contributed by atoms with Crippen molar-refractivity contribution in [1.29, 1.82) is 0 Å². The summed E-state index contributed by atoms with van der Waals surface area (Å²) in [6.45, 7) is 4.71. The van der Waals surface area contributed by atoms with Gasteiger partial charge < -0.3 is 25.0 Å². The zero-order valence-corrected chi connectivity index (χ0v) is 22.8. The summed E-state index contributed by atoms with van der Waals surface area (Å²) >= 11 is 0. The van der Waals surface area contributed by atoms with Crippen LogP contribution in [0.3, 0.4) is 0 Å². The second-order valence-corrected chi connectivity index (χ2v) is 11.6.